The zero-order valence-electron chi connectivity index (χ0n) is 15.3. The monoisotopic (exact) mass is 476 g/mol. The fourth-order valence-electron chi connectivity index (χ4n) is 3.65. The van der Waals surface area contributed by atoms with E-state index in [1.807, 2.05) is 0 Å². The van der Waals surface area contributed by atoms with Crippen LogP contribution in [0, 0.1) is 0 Å². The van der Waals surface area contributed by atoms with Gasteiger partial charge < -0.3 is 34.3 Å². The Labute approximate surface area is 191 Å². The summed E-state index contributed by atoms with van der Waals surface area (Å²) in [5.41, 5.74) is 2.56. The molecule has 0 spiro atoms. The second-order valence-corrected chi connectivity index (χ2v) is 6.06. The number of rotatable bonds is 5. The molecule has 0 radical (unpaired) electrons. The first-order valence-corrected chi connectivity index (χ1v) is 8.24. The van der Waals surface area contributed by atoms with Crippen LogP contribution < -0.4 is 34.3 Å². The maximum atomic E-state index is 5.61. The smallest absolute Gasteiger partial charge is 1.00 e. The summed E-state index contributed by atoms with van der Waals surface area (Å²) in [5, 5.41) is 5.04. The fraction of sp³-hybridized carbons (Fsp3) is 0.182. The molecular formula is C22H20Cl2O2Zr. The SMILES string of the molecule is COc1[cH-]c2ccccc2c1CCc1c(OC)[cH-]c2ccccc12.[Cl-].[Cl-].[Zr+4]. The number of ether oxygens (including phenoxy) is 2. The van der Waals surface area contributed by atoms with E-state index in [-0.39, 0.29) is 51.0 Å². The minimum atomic E-state index is 0. The molecule has 0 atom stereocenters. The molecule has 0 saturated carbocycles. The van der Waals surface area contributed by atoms with Gasteiger partial charge in [0.15, 0.2) is 0 Å². The number of aryl methyl sites for hydroxylation is 2. The van der Waals surface area contributed by atoms with Crippen LogP contribution in [0.5, 0.6) is 11.5 Å². The van der Waals surface area contributed by atoms with E-state index in [4.69, 9.17) is 9.47 Å². The molecule has 0 aliphatic heterocycles. The van der Waals surface area contributed by atoms with Crippen LogP contribution in [0.25, 0.3) is 21.5 Å². The summed E-state index contributed by atoms with van der Waals surface area (Å²) in [6, 6.07) is 21.2. The number of benzene rings is 2. The fourth-order valence-corrected chi connectivity index (χ4v) is 3.65. The van der Waals surface area contributed by atoms with Crippen LogP contribution in [0.2, 0.25) is 0 Å². The quantitative estimate of drug-likeness (QED) is 0.351. The van der Waals surface area contributed by atoms with Crippen molar-refractivity contribution < 1.29 is 60.5 Å². The van der Waals surface area contributed by atoms with Crippen molar-refractivity contribution in [3.63, 3.8) is 0 Å². The third-order valence-electron chi connectivity index (χ3n) is 4.80. The normalized spacial score (nSPS) is 10.0. The Morgan fingerprint density at radius 2 is 1.04 bits per heavy atom. The largest absolute Gasteiger partial charge is 4.00 e. The van der Waals surface area contributed by atoms with E-state index >= 15 is 0 Å². The van der Waals surface area contributed by atoms with Crippen molar-refractivity contribution in [3.8, 4) is 11.5 Å². The van der Waals surface area contributed by atoms with Gasteiger partial charge in [0.1, 0.15) is 0 Å². The number of methoxy groups -OCH3 is 2. The van der Waals surface area contributed by atoms with Gasteiger partial charge >= 0.3 is 26.2 Å². The molecule has 4 rings (SSSR count). The van der Waals surface area contributed by atoms with Crippen molar-refractivity contribution in [3.05, 3.63) is 71.8 Å². The zero-order valence-corrected chi connectivity index (χ0v) is 19.2. The molecule has 0 bridgehead atoms. The van der Waals surface area contributed by atoms with Gasteiger partial charge in [-0.25, -0.2) is 0 Å². The zero-order chi connectivity index (χ0) is 16.5. The summed E-state index contributed by atoms with van der Waals surface area (Å²) in [5.74, 6) is 1.96. The van der Waals surface area contributed by atoms with Gasteiger partial charge in [-0.3, -0.25) is 0 Å². The summed E-state index contributed by atoms with van der Waals surface area (Å²) in [6.07, 6.45) is 1.86. The van der Waals surface area contributed by atoms with Crippen LogP contribution in [0.1, 0.15) is 11.1 Å². The molecule has 0 N–H and O–H groups in total. The van der Waals surface area contributed by atoms with Crippen LogP contribution in [0.3, 0.4) is 0 Å². The average Bonchev–Trinajstić information content (AvgIpc) is 3.17. The van der Waals surface area contributed by atoms with E-state index in [0.717, 1.165) is 24.3 Å². The van der Waals surface area contributed by atoms with Crippen LogP contribution in [-0.4, -0.2) is 14.2 Å². The minimum absolute atomic E-state index is 0. The summed E-state index contributed by atoms with van der Waals surface area (Å²) < 4.78 is 11.2. The topological polar surface area (TPSA) is 18.5 Å². The summed E-state index contributed by atoms with van der Waals surface area (Å²) >= 11 is 0. The van der Waals surface area contributed by atoms with Crippen molar-refractivity contribution in [2.45, 2.75) is 12.8 Å². The average molecular weight is 479 g/mol. The van der Waals surface area contributed by atoms with Gasteiger partial charge in [-0.15, -0.1) is 81.2 Å². The molecule has 4 aromatic carbocycles. The molecule has 0 aliphatic rings. The van der Waals surface area contributed by atoms with Gasteiger partial charge in [-0.1, -0.05) is 25.0 Å². The van der Waals surface area contributed by atoms with Crippen molar-refractivity contribution in [1.29, 1.82) is 0 Å². The third kappa shape index (κ3) is 4.42. The van der Waals surface area contributed by atoms with Gasteiger partial charge in [-0.05, 0) is 0 Å². The minimum Gasteiger partial charge on any atom is -1.00 e. The van der Waals surface area contributed by atoms with Crippen molar-refractivity contribution in [2.24, 2.45) is 0 Å². The van der Waals surface area contributed by atoms with Gasteiger partial charge in [0.05, 0.1) is 14.2 Å². The third-order valence-corrected chi connectivity index (χ3v) is 4.80. The van der Waals surface area contributed by atoms with Gasteiger partial charge in [0, 0.05) is 11.5 Å². The number of halogens is 2. The first-order valence-electron chi connectivity index (χ1n) is 8.24. The summed E-state index contributed by atoms with van der Waals surface area (Å²) in [7, 11) is 3.49. The molecular weight excluding hydrogens is 458 g/mol. The summed E-state index contributed by atoms with van der Waals surface area (Å²) in [6.45, 7) is 0. The molecule has 4 aromatic rings. The number of hydrogen-bond acceptors (Lipinski definition) is 2. The van der Waals surface area contributed by atoms with E-state index in [0.29, 0.717) is 0 Å². The molecule has 0 saturated heterocycles. The molecule has 2 nitrogen and oxygen atoms in total. The van der Waals surface area contributed by atoms with E-state index < -0.39 is 0 Å². The maximum Gasteiger partial charge on any atom is 4.00 e. The molecule has 0 amide bonds. The Bertz CT molecular complexity index is 922. The first-order chi connectivity index (χ1) is 11.8. The van der Waals surface area contributed by atoms with Gasteiger partial charge in [-0.2, -0.15) is 0 Å². The Kier molecular flexibility index (Phi) is 9.08. The van der Waals surface area contributed by atoms with E-state index in [1.165, 1.54) is 32.7 Å². The van der Waals surface area contributed by atoms with E-state index in [2.05, 4.69) is 60.7 Å². The van der Waals surface area contributed by atoms with E-state index in [9.17, 15) is 0 Å². The molecule has 0 unspecified atom stereocenters. The van der Waals surface area contributed by atoms with E-state index in [1.54, 1.807) is 14.2 Å². The Morgan fingerprint density at radius 1 is 0.667 bits per heavy atom. The predicted molar refractivity (Wildman–Crippen MR) is 99.6 cm³/mol. The van der Waals surface area contributed by atoms with Gasteiger partial charge in [0.2, 0.25) is 0 Å². The second kappa shape index (κ2) is 10.3. The maximum absolute atomic E-state index is 5.61. The molecule has 138 valence electrons. The molecule has 0 heterocycles. The number of hydrogen-bond donors (Lipinski definition) is 0. The first kappa shape index (κ1) is 23.8. The van der Waals surface area contributed by atoms with Crippen LogP contribution in [0.15, 0.2) is 60.7 Å². The summed E-state index contributed by atoms with van der Waals surface area (Å²) in [4.78, 5) is 0. The van der Waals surface area contributed by atoms with Crippen molar-refractivity contribution in [1.82, 2.24) is 0 Å². The van der Waals surface area contributed by atoms with Gasteiger partial charge in [0.25, 0.3) is 0 Å². The predicted octanol–water partition coefficient (Wildman–Crippen LogP) is -0.761. The Balaban J connectivity index is 0.00000121. The molecule has 0 aromatic heterocycles. The van der Waals surface area contributed by atoms with Crippen LogP contribution >= 0.6 is 0 Å². The Morgan fingerprint density at radius 3 is 1.41 bits per heavy atom. The van der Waals surface area contributed by atoms with Crippen LogP contribution in [-0.2, 0) is 39.0 Å². The second-order valence-electron chi connectivity index (χ2n) is 6.06. The standard InChI is InChI=1S/C22H20O2.2ClH.Zr/c1-23-21-13-15-7-3-5-9-17(15)19(21)11-12-20-18-10-6-4-8-16(18)14-22(20)24-2;;;/h3-10,13-14H,11-12H2,1-2H3;2*1H;/q-2;;;+4/p-2. The Hall–Kier alpha value is -1.28. The van der Waals surface area contributed by atoms with Crippen molar-refractivity contribution in [2.75, 3.05) is 14.2 Å². The molecule has 0 fully saturated rings. The molecule has 27 heavy (non-hydrogen) atoms. The molecule has 5 heteroatoms. The van der Waals surface area contributed by atoms with Crippen LogP contribution in [0.4, 0.5) is 0 Å². The molecule has 0 aliphatic carbocycles. The number of fused-ring (bicyclic) bond motifs is 2. The van der Waals surface area contributed by atoms with Crippen molar-refractivity contribution >= 4 is 21.5 Å².